The molecule has 1 aromatic heterocycles. The van der Waals surface area contributed by atoms with Gasteiger partial charge >= 0.3 is 0 Å². The molecule has 3 rings (SSSR count). The quantitative estimate of drug-likeness (QED) is 0.776. The van der Waals surface area contributed by atoms with Crippen LogP contribution >= 0.6 is 0 Å². The second-order valence-electron chi connectivity index (χ2n) is 5.92. The van der Waals surface area contributed by atoms with Crippen molar-refractivity contribution in [1.82, 2.24) is 20.2 Å². The normalized spacial score (nSPS) is 14.8. The minimum absolute atomic E-state index is 0.106. The molecule has 0 atom stereocenters. The van der Waals surface area contributed by atoms with Crippen molar-refractivity contribution in [3.63, 3.8) is 0 Å². The number of nitrogens with zero attached hydrogens (tertiary/aromatic N) is 3. The third kappa shape index (κ3) is 5.21. The molecule has 0 bridgehead atoms. The van der Waals surface area contributed by atoms with Crippen LogP contribution in [-0.2, 0) is 11.3 Å². The zero-order valence-electron chi connectivity index (χ0n) is 14.4. The van der Waals surface area contributed by atoms with Gasteiger partial charge in [0, 0.05) is 44.5 Å². The van der Waals surface area contributed by atoms with Crippen molar-refractivity contribution in [2.45, 2.75) is 6.54 Å². The first-order valence-electron chi connectivity index (χ1n) is 8.61. The topological polar surface area (TPSA) is 79.4 Å². The summed E-state index contributed by atoms with van der Waals surface area (Å²) in [4.78, 5) is 22.9. The number of carbonyl (C=O) groups is 1. The molecule has 0 saturated carbocycles. The van der Waals surface area contributed by atoms with Gasteiger partial charge in [0.1, 0.15) is 11.5 Å². The Bertz CT molecular complexity index is 737. The molecule has 1 fully saturated rings. The van der Waals surface area contributed by atoms with Crippen LogP contribution in [0.5, 0.6) is 0 Å². The lowest BCUT2D eigenvalue weighted by molar-refractivity contribution is 0.0398. The molecule has 2 N–H and O–H groups in total. The number of hydrogen-bond donors (Lipinski definition) is 2. The summed E-state index contributed by atoms with van der Waals surface area (Å²) in [5, 5.41) is 5.80. The Kier molecular flexibility index (Phi) is 6.45. The number of morpholine rings is 1. The molecule has 0 unspecified atom stereocenters. The van der Waals surface area contributed by atoms with Crippen molar-refractivity contribution in [2.75, 3.05) is 44.7 Å². The minimum Gasteiger partial charge on any atom is -0.379 e. The Labute approximate surface area is 151 Å². The molecular formula is C18H22FN5O2. The first-order chi connectivity index (χ1) is 12.7. The average Bonchev–Trinajstić information content (AvgIpc) is 2.68. The number of rotatable bonds is 7. The largest absolute Gasteiger partial charge is 0.379 e. The molecule has 1 aliphatic heterocycles. The molecule has 7 nitrogen and oxygen atoms in total. The average molecular weight is 359 g/mol. The van der Waals surface area contributed by atoms with E-state index in [-0.39, 0.29) is 24.0 Å². The fourth-order valence-corrected chi connectivity index (χ4v) is 2.63. The second kappa shape index (κ2) is 9.21. The Balaban J connectivity index is 1.49. The Hall–Kier alpha value is -2.58. The number of benzene rings is 1. The molecule has 2 heterocycles. The summed E-state index contributed by atoms with van der Waals surface area (Å²) < 4.78 is 18.9. The van der Waals surface area contributed by atoms with Crippen LogP contribution in [-0.4, -0.2) is 60.2 Å². The van der Waals surface area contributed by atoms with Crippen LogP contribution in [0.1, 0.15) is 16.1 Å². The van der Waals surface area contributed by atoms with E-state index in [2.05, 4.69) is 25.5 Å². The van der Waals surface area contributed by atoms with Crippen molar-refractivity contribution in [3.05, 3.63) is 53.6 Å². The fourth-order valence-electron chi connectivity index (χ4n) is 2.63. The van der Waals surface area contributed by atoms with Gasteiger partial charge in [-0.3, -0.25) is 9.69 Å². The third-order valence-electron chi connectivity index (χ3n) is 4.10. The number of hydrogen-bond acceptors (Lipinski definition) is 6. The monoisotopic (exact) mass is 359 g/mol. The highest BCUT2D eigenvalue weighted by Gasteiger charge is 2.11. The third-order valence-corrected chi connectivity index (χ3v) is 4.10. The summed E-state index contributed by atoms with van der Waals surface area (Å²) in [6, 6.07) is 7.87. The number of carbonyl (C=O) groups excluding carboxylic acids is 1. The highest BCUT2D eigenvalue weighted by atomic mass is 19.1. The van der Waals surface area contributed by atoms with Gasteiger partial charge in [-0.15, -0.1) is 0 Å². The van der Waals surface area contributed by atoms with Gasteiger partial charge in [-0.05, 0) is 12.1 Å². The summed E-state index contributed by atoms with van der Waals surface area (Å²) >= 11 is 0. The lowest BCUT2D eigenvalue weighted by atomic mass is 10.2. The lowest BCUT2D eigenvalue weighted by Crippen LogP contribution is -2.39. The number of anilines is 1. The van der Waals surface area contributed by atoms with Gasteiger partial charge in [-0.2, -0.15) is 0 Å². The highest BCUT2D eigenvalue weighted by Crippen LogP contribution is 2.07. The van der Waals surface area contributed by atoms with Crippen molar-refractivity contribution < 1.29 is 13.9 Å². The molecule has 0 aliphatic carbocycles. The second-order valence-corrected chi connectivity index (χ2v) is 5.92. The molecule has 1 aromatic carbocycles. The summed E-state index contributed by atoms with van der Waals surface area (Å²) in [6.07, 6.45) is 1.53. The Morgan fingerprint density at radius 1 is 1.23 bits per heavy atom. The van der Waals surface area contributed by atoms with Crippen LogP contribution < -0.4 is 10.6 Å². The van der Waals surface area contributed by atoms with E-state index in [4.69, 9.17) is 4.74 Å². The van der Waals surface area contributed by atoms with Gasteiger partial charge in [-0.25, -0.2) is 14.4 Å². The van der Waals surface area contributed by atoms with Crippen LogP contribution in [0.25, 0.3) is 0 Å². The maximum atomic E-state index is 13.6. The van der Waals surface area contributed by atoms with E-state index < -0.39 is 0 Å². The van der Waals surface area contributed by atoms with Crippen molar-refractivity contribution in [3.8, 4) is 0 Å². The number of amides is 1. The lowest BCUT2D eigenvalue weighted by Gasteiger charge is -2.26. The molecule has 8 heteroatoms. The maximum Gasteiger partial charge on any atom is 0.270 e. The highest BCUT2D eigenvalue weighted by molar-refractivity contribution is 5.92. The Morgan fingerprint density at radius 3 is 2.85 bits per heavy atom. The smallest absolute Gasteiger partial charge is 0.270 e. The zero-order chi connectivity index (χ0) is 18.2. The molecule has 1 aliphatic rings. The van der Waals surface area contributed by atoms with E-state index in [0.717, 1.165) is 32.8 Å². The summed E-state index contributed by atoms with van der Waals surface area (Å²) in [5.41, 5.74) is 0.670. The van der Waals surface area contributed by atoms with Gasteiger partial charge in [0.15, 0.2) is 0 Å². The van der Waals surface area contributed by atoms with Crippen LogP contribution in [0.2, 0.25) is 0 Å². The zero-order valence-corrected chi connectivity index (χ0v) is 14.4. The maximum absolute atomic E-state index is 13.6. The number of nitrogens with one attached hydrogen (secondary N) is 2. The molecule has 1 amide bonds. The van der Waals surface area contributed by atoms with Crippen LogP contribution in [0.3, 0.4) is 0 Å². The number of aromatic nitrogens is 2. The number of ether oxygens (including phenoxy) is 1. The fraction of sp³-hybridized carbons (Fsp3) is 0.389. The summed E-state index contributed by atoms with van der Waals surface area (Å²) in [6.45, 7) is 5.00. The van der Waals surface area contributed by atoms with E-state index >= 15 is 0 Å². The van der Waals surface area contributed by atoms with E-state index in [1.807, 2.05) is 0 Å². The number of halogens is 1. The first-order valence-corrected chi connectivity index (χ1v) is 8.61. The molecule has 1 saturated heterocycles. The molecule has 2 aromatic rings. The predicted octanol–water partition coefficient (Wildman–Crippen LogP) is 1.29. The molecule has 138 valence electrons. The summed E-state index contributed by atoms with van der Waals surface area (Å²) in [7, 11) is 0. The minimum atomic E-state index is -0.369. The van der Waals surface area contributed by atoms with E-state index in [9.17, 15) is 9.18 Å². The van der Waals surface area contributed by atoms with Gasteiger partial charge in [0.05, 0.1) is 13.2 Å². The van der Waals surface area contributed by atoms with E-state index in [1.165, 1.54) is 18.3 Å². The van der Waals surface area contributed by atoms with Crippen LogP contribution in [0.15, 0.2) is 36.5 Å². The van der Waals surface area contributed by atoms with Gasteiger partial charge < -0.3 is 15.4 Å². The predicted molar refractivity (Wildman–Crippen MR) is 95.4 cm³/mol. The molecule has 26 heavy (non-hydrogen) atoms. The van der Waals surface area contributed by atoms with Gasteiger partial charge in [-0.1, -0.05) is 18.2 Å². The van der Waals surface area contributed by atoms with Crippen LogP contribution in [0.4, 0.5) is 10.3 Å². The molecule has 0 spiro atoms. The van der Waals surface area contributed by atoms with Crippen molar-refractivity contribution in [2.24, 2.45) is 0 Å². The molecular weight excluding hydrogens is 337 g/mol. The standard InChI is InChI=1S/C18H22FN5O2/c19-15-4-2-1-3-14(15)13-22-17(25)16-5-6-20-18(23-16)21-7-8-24-9-11-26-12-10-24/h1-6H,7-13H2,(H,22,25)(H,20,21,23). The molecule has 0 radical (unpaired) electrons. The first kappa shape index (κ1) is 18.2. The summed E-state index contributed by atoms with van der Waals surface area (Å²) in [5.74, 6) is -0.315. The van der Waals surface area contributed by atoms with Crippen molar-refractivity contribution in [1.29, 1.82) is 0 Å². The van der Waals surface area contributed by atoms with Gasteiger partial charge in [0.2, 0.25) is 5.95 Å². The van der Waals surface area contributed by atoms with Crippen molar-refractivity contribution >= 4 is 11.9 Å². The SMILES string of the molecule is O=C(NCc1ccccc1F)c1ccnc(NCCN2CCOCC2)n1. The van der Waals surface area contributed by atoms with Crippen LogP contribution in [0, 0.1) is 5.82 Å². The van der Waals surface area contributed by atoms with Gasteiger partial charge in [0.25, 0.3) is 5.91 Å². The van der Waals surface area contributed by atoms with E-state index in [1.54, 1.807) is 18.2 Å². The van der Waals surface area contributed by atoms with E-state index in [0.29, 0.717) is 18.1 Å². The Morgan fingerprint density at radius 2 is 2.04 bits per heavy atom.